The third kappa shape index (κ3) is 4.61. The van der Waals surface area contributed by atoms with E-state index < -0.39 is 23.6 Å². The summed E-state index contributed by atoms with van der Waals surface area (Å²) in [4.78, 5) is 41.1. The molecule has 0 radical (unpaired) electrons. The number of benzene rings is 2. The molecule has 0 aliphatic heterocycles. The van der Waals surface area contributed by atoms with E-state index in [4.69, 9.17) is 9.47 Å². The standard InChI is InChI=1S/C24H19NO6/c26-19-12-13-20(30-23(28)16-6-2-1-3-7-16)25-22(19)31-24(29)18-11-5-10-17(14-18)21(27)15-8-4-9-15/h1-3,5-7,10-15,26H,4,8-9H2. The van der Waals surface area contributed by atoms with Crippen LogP contribution in [0.5, 0.6) is 17.5 Å². The lowest BCUT2D eigenvalue weighted by atomic mass is 9.80. The van der Waals surface area contributed by atoms with E-state index in [2.05, 4.69) is 4.98 Å². The number of carbonyl (C=O) groups excluding carboxylic acids is 3. The molecule has 0 unspecified atom stereocenters. The molecule has 0 bridgehead atoms. The minimum Gasteiger partial charge on any atom is -0.503 e. The molecule has 31 heavy (non-hydrogen) atoms. The topological polar surface area (TPSA) is 103 Å². The normalized spacial score (nSPS) is 13.2. The monoisotopic (exact) mass is 417 g/mol. The summed E-state index contributed by atoms with van der Waals surface area (Å²) in [7, 11) is 0. The van der Waals surface area contributed by atoms with Crippen molar-refractivity contribution in [1.82, 2.24) is 4.98 Å². The number of pyridine rings is 1. The van der Waals surface area contributed by atoms with Gasteiger partial charge in [-0.25, -0.2) is 9.59 Å². The molecule has 1 fully saturated rings. The summed E-state index contributed by atoms with van der Waals surface area (Å²) < 4.78 is 10.4. The van der Waals surface area contributed by atoms with Gasteiger partial charge in [-0.15, -0.1) is 0 Å². The van der Waals surface area contributed by atoms with Crippen LogP contribution in [0, 0.1) is 5.92 Å². The number of aromatic nitrogens is 1. The van der Waals surface area contributed by atoms with Crippen molar-refractivity contribution < 1.29 is 29.0 Å². The molecule has 1 aliphatic rings. The molecule has 7 heteroatoms. The average Bonchev–Trinajstić information content (AvgIpc) is 2.75. The van der Waals surface area contributed by atoms with Gasteiger partial charge in [0.1, 0.15) is 0 Å². The Morgan fingerprint density at radius 3 is 2.19 bits per heavy atom. The number of hydrogen-bond donors (Lipinski definition) is 1. The van der Waals surface area contributed by atoms with E-state index in [1.165, 1.54) is 24.3 Å². The number of hydrogen-bond acceptors (Lipinski definition) is 7. The zero-order valence-electron chi connectivity index (χ0n) is 16.5. The maximum absolute atomic E-state index is 12.6. The van der Waals surface area contributed by atoms with Gasteiger partial charge in [-0.3, -0.25) is 4.79 Å². The summed E-state index contributed by atoms with van der Waals surface area (Å²) in [5.74, 6) is -2.35. The van der Waals surface area contributed by atoms with Crippen molar-refractivity contribution in [3.05, 3.63) is 83.4 Å². The molecule has 2 aromatic carbocycles. The molecule has 0 amide bonds. The smallest absolute Gasteiger partial charge is 0.345 e. The fraction of sp³-hybridized carbons (Fsp3) is 0.167. The Morgan fingerprint density at radius 2 is 1.48 bits per heavy atom. The van der Waals surface area contributed by atoms with Crippen LogP contribution in [0.4, 0.5) is 0 Å². The van der Waals surface area contributed by atoms with Crippen LogP contribution in [-0.2, 0) is 0 Å². The van der Waals surface area contributed by atoms with Gasteiger partial charge in [0.15, 0.2) is 11.5 Å². The Morgan fingerprint density at radius 1 is 0.806 bits per heavy atom. The van der Waals surface area contributed by atoms with E-state index in [0.29, 0.717) is 11.1 Å². The van der Waals surface area contributed by atoms with E-state index in [-0.39, 0.29) is 23.1 Å². The first-order chi connectivity index (χ1) is 15.0. The van der Waals surface area contributed by atoms with Crippen molar-refractivity contribution in [2.24, 2.45) is 5.92 Å². The number of rotatable bonds is 6. The first-order valence-electron chi connectivity index (χ1n) is 9.85. The molecule has 1 aromatic heterocycles. The van der Waals surface area contributed by atoms with E-state index in [0.717, 1.165) is 19.3 Å². The first-order valence-corrected chi connectivity index (χ1v) is 9.85. The molecule has 1 aliphatic carbocycles. The van der Waals surface area contributed by atoms with Crippen molar-refractivity contribution in [1.29, 1.82) is 0 Å². The predicted molar refractivity (Wildman–Crippen MR) is 110 cm³/mol. The molecule has 1 heterocycles. The van der Waals surface area contributed by atoms with Crippen LogP contribution < -0.4 is 9.47 Å². The largest absolute Gasteiger partial charge is 0.503 e. The van der Waals surface area contributed by atoms with Crippen LogP contribution in [-0.4, -0.2) is 27.8 Å². The molecule has 0 atom stereocenters. The fourth-order valence-corrected chi connectivity index (χ4v) is 3.13. The van der Waals surface area contributed by atoms with Crippen LogP contribution in [0.1, 0.15) is 50.3 Å². The quantitative estimate of drug-likeness (QED) is 0.473. The van der Waals surface area contributed by atoms with E-state index >= 15 is 0 Å². The molecule has 4 rings (SSSR count). The molecule has 1 N–H and O–H groups in total. The van der Waals surface area contributed by atoms with E-state index in [1.54, 1.807) is 42.5 Å². The second-order valence-corrected chi connectivity index (χ2v) is 7.19. The number of Topliss-reactive ketones (excluding diaryl/α,β-unsaturated/α-hetero) is 1. The molecule has 0 saturated heterocycles. The van der Waals surface area contributed by atoms with E-state index in [1.807, 2.05) is 0 Å². The number of ketones is 1. The first kappa shape index (κ1) is 20.3. The van der Waals surface area contributed by atoms with Gasteiger partial charge in [-0.1, -0.05) is 36.8 Å². The highest BCUT2D eigenvalue weighted by atomic mass is 16.6. The lowest BCUT2D eigenvalue weighted by molar-refractivity contribution is 0.0713. The van der Waals surface area contributed by atoms with Gasteiger partial charge in [0.2, 0.25) is 5.88 Å². The van der Waals surface area contributed by atoms with Gasteiger partial charge >= 0.3 is 11.9 Å². The molecular formula is C24H19NO6. The zero-order valence-corrected chi connectivity index (χ0v) is 16.5. The van der Waals surface area contributed by atoms with E-state index in [9.17, 15) is 19.5 Å². The van der Waals surface area contributed by atoms with Crippen molar-refractivity contribution in [3.8, 4) is 17.5 Å². The Balaban J connectivity index is 1.48. The number of carbonyl (C=O) groups is 3. The number of ether oxygens (including phenoxy) is 2. The number of esters is 2. The Labute approximate surface area is 178 Å². The minimum absolute atomic E-state index is 0.00737. The van der Waals surface area contributed by atoms with Crippen molar-refractivity contribution in [2.75, 3.05) is 0 Å². The van der Waals surface area contributed by atoms with Gasteiger partial charge in [0.05, 0.1) is 11.1 Å². The summed E-state index contributed by atoms with van der Waals surface area (Å²) in [6, 6.07) is 17.1. The fourth-order valence-electron chi connectivity index (χ4n) is 3.13. The van der Waals surface area contributed by atoms with Crippen LogP contribution >= 0.6 is 0 Å². The Hall–Kier alpha value is -4.00. The Bertz CT molecular complexity index is 1140. The SMILES string of the molecule is O=C(Oc1ccc(O)c(OC(=O)c2cccc(C(=O)C3CCC3)c2)n1)c1ccccc1. The summed E-state index contributed by atoms with van der Waals surface area (Å²) in [6.45, 7) is 0. The summed E-state index contributed by atoms with van der Waals surface area (Å²) in [5, 5.41) is 10.0. The molecule has 156 valence electrons. The van der Waals surface area contributed by atoms with Crippen LogP contribution in [0.25, 0.3) is 0 Å². The lowest BCUT2D eigenvalue weighted by Crippen LogP contribution is -2.22. The zero-order chi connectivity index (χ0) is 21.8. The van der Waals surface area contributed by atoms with Crippen LogP contribution in [0.15, 0.2) is 66.7 Å². The molecule has 1 saturated carbocycles. The molecule has 7 nitrogen and oxygen atoms in total. The lowest BCUT2D eigenvalue weighted by Gasteiger charge is -2.23. The average molecular weight is 417 g/mol. The highest BCUT2D eigenvalue weighted by Crippen LogP contribution is 2.30. The molecule has 3 aromatic rings. The van der Waals surface area contributed by atoms with Gasteiger partial charge in [-0.2, -0.15) is 4.98 Å². The second-order valence-electron chi connectivity index (χ2n) is 7.19. The summed E-state index contributed by atoms with van der Waals surface area (Å²) in [5.41, 5.74) is 0.920. The maximum atomic E-state index is 12.6. The molecular weight excluding hydrogens is 398 g/mol. The van der Waals surface area contributed by atoms with Crippen molar-refractivity contribution >= 4 is 17.7 Å². The van der Waals surface area contributed by atoms with Gasteiger partial charge in [0.25, 0.3) is 5.88 Å². The van der Waals surface area contributed by atoms with Gasteiger partial charge < -0.3 is 14.6 Å². The molecule has 0 spiro atoms. The Kier molecular flexibility index (Phi) is 5.75. The summed E-state index contributed by atoms with van der Waals surface area (Å²) in [6.07, 6.45) is 2.76. The highest BCUT2D eigenvalue weighted by Gasteiger charge is 2.27. The van der Waals surface area contributed by atoms with Gasteiger partial charge in [-0.05, 0) is 43.2 Å². The third-order valence-electron chi connectivity index (χ3n) is 5.07. The van der Waals surface area contributed by atoms with Gasteiger partial charge in [0, 0.05) is 17.5 Å². The number of nitrogens with zero attached hydrogens (tertiary/aromatic N) is 1. The van der Waals surface area contributed by atoms with Crippen LogP contribution in [0.2, 0.25) is 0 Å². The minimum atomic E-state index is -0.794. The van der Waals surface area contributed by atoms with Crippen molar-refractivity contribution in [2.45, 2.75) is 19.3 Å². The second kappa shape index (κ2) is 8.79. The van der Waals surface area contributed by atoms with Crippen molar-refractivity contribution in [3.63, 3.8) is 0 Å². The highest BCUT2D eigenvalue weighted by molar-refractivity contribution is 6.01. The predicted octanol–water partition coefficient (Wildman–Crippen LogP) is 4.21. The number of aromatic hydroxyl groups is 1. The maximum Gasteiger partial charge on any atom is 0.345 e. The van der Waals surface area contributed by atoms with Crippen LogP contribution in [0.3, 0.4) is 0 Å². The summed E-state index contributed by atoms with van der Waals surface area (Å²) >= 11 is 0. The third-order valence-corrected chi connectivity index (χ3v) is 5.07.